The van der Waals surface area contributed by atoms with Gasteiger partial charge in [0.15, 0.2) is 0 Å². The molecule has 0 saturated carbocycles. The Morgan fingerprint density at radius 1 is 1.10 bits per heavy atom. The third-order valence-corrected chi connectivity index (χ3v) is 5.03. The zero-order valence-electron chi connectivity index (χ0n) is 17.5. The molecule has 1 atom stereocenters. The molecule has 1 N–H and O–H groups in total. The number of amides is 2. The quantitative estimate of drug-likeness (QED) is 0.718. The summed E-state index contributed by atoms with van der Waals surface area (Å²) in [5, 5.41) is 8.52. The van der Waals surface area contributed by atoms with Gasteiger partial charge in [-0.05, 0) is 57.5 Å². The van der Waals surface area contributed by atoms with Gasteiger partial charge in [-0.1, -0.05) is 18.2 Å². The molecule has 1 saturated heterocycles. The molecule has 156 valence electrons. The number of fused-ring (bicyclic) bond motifs is 1. The highest BCUT2D eigenvalue weighted by molar-refractivity contribution is 5.94. The second-order valence-corrected chi connectivity index (χ2v) is 8.55. The Kier molecular flexibility index (Phi) is 5.20. The summed E-state index contributed by atoms with van der Waals surface area (Å²) in [4.78, 5) is 26.5. The molecule has 1 aromatic heterocycles. The minimum absolute atomic E-state index is 0.0836. The third kappa shape index (κ3) is 4.30. The van der Waals surface area contributed by atoms with Crippen LogP contribution >= 0.6 is 0 Å². The normalized spacial score (nSPS) is 16.6. The molecule has 0 spiro atoms. The summed E-state index contributed by atoms with van der Waals surface area (Å²) >= 11 is 0. The highest BCUT2D eigenvalue weighted by Gasteiger charge is 2.30. The van der Waals surface area contributed by atoms with Crippen molar-refractivity contribution in [2.75, 3.05) is 13.1 Å². The molecule has 7 heteroatoms. The van der Waals surface area contributed by atoms with Crippen molar-refractivity contribution in [3.05, 3.63) is 60.3 Å². The van der Waals surface area contributed by atoms with E-state index in [2.05, 4.69) is 10.4 Å². The van der Waals surface area contributed by atoms with Gasteiger partial charge in [-0.2, -0.15) is 5.10 Å². The SMILES string of the molecule is CC(C)(C)OC(=O)N1CC[C@@H](NC(=O)c2ccc(-n3ncc4ccccc43)cc2)C1. The molecule has 4 rings (SSSR count). The molecular formula is C23H26N4O3. The average molecular weight is 406 g/mol. The molecule has 30 heavy (non-hydrogen) atoms. The molecule has 0 aliphatic carbocycles. The molecule has 1 aliphatic heterocycles. The summed E-state index contributed by atoms with van der Waals surface area (Å²) in [6.45, 7) is 6.56. The number of nitrogens with zero attached hydrogens (tertiary/aromatic N) is 3. The molecule has 0 bridgehead atoms. The Labute approximate surface area is 175 Å². The summed E-state index contributed by atoms with van der Waals surface area (Å²) in [5.74, 6) is -0.150. The minimum Gasteiger partial charge on any atom is -0.444 e. The number of benzene rings is 2. The lowest BCUT2D eigenvalue weighted by atomic mass is 10.1. The van der Waals surface area contributed by atoms with Crippen molar-refractivity contribution in [2.24, 2.45) is 0 Å². The van der Waals surface area contributed by atoms with Crippen molar-refractivity contribution in [2.45, 2.75) is 38.8 Å². The van der Waals surface area contributed by atoms with Crippen molar-refractivity contribution in [3.63, 3.8) is 0 Å². The summed E-state index contributed by atoms with van der Waals surface area (Å²) in [6, 6.07) is 15.3. The van der Waals surface area contributed by atoms with Crippen LogP contribution in [0.2, 0.25) is 0 Å². The number of likely N-dealkylation sites (tertiary alicyclic amines) is 1. The van der Waals surface area contributed by atoms with E-state index in [1.807, 2.05) is 68.0 Å². The van der Waals surface area contributed by atoms with Crippen LogP contribution in [0.15, 0.2) is 54.7 Å². The zero-order valence-corrected chi connectivity index (χ0v) is 17.5. The molecule has 2 heterocycles. The number of ether oxygens (including phenoxy) is 1. The Morgan fingerprint density at radius 3 is 2.57 bits per heavy atom. The number of carbonyl (C=O) groups excluding carboxylic acids is 2. The van der Waals surface area contributed by atoms with E-state index < -0.39 is 5.60 Å². The number of para-hydroxylation sites is 1. The van der Waals surface area contributed by atoms with Gasteiger partial charge in [-0.25, -0.2) is 9.48 Å². The Hall–Kier alpha value is -3.35. The number of rotatable bonds is 3. The first-order chi connectivity index (χ1) is 14.3. The van der Waals surface area contributed by atoms with E-state index in [0.29, 0.717) is 25.1 Å². The smallest absolute Gasteiger partial charge is 0.410 e. The van der Waals surface area contributed by atoms with Gasteiger partial charge < -0.3 is 15.0 Å². The predicted molar refractivity (Wildman–Crippen MR) is 115 cm³/mol. The van der Waals surface area contributed by atoms with Crippen molar-refractivity contribution < 1.29 is 14.3 Å². The van der Waals surface area contributed by atoms with Crippen LogP contribution in [0.25, 0.3) is 16.6 Å². The molecule has 1 fully saturated rings. The van der Waals surface area contributed by atoms with E-state index in [1.165, 1.54) is 0 Å². The van der Waals surface area contributed by atoms with Crippen LogP contribution in [-0.2, 0) is 4.74 Å². The van der Waals surface area contributed by atoms with Gasteiger partial charge >= 0.3 is 6.09 Å². The van der Waals surface area contributed by atoms with Crippen LogP contribution in [0.3, 0.4) is 0 Å². The molecule has 2 amide bonds. The first-order valence-electron chi connectivity index (χ1n) is 10.1. The van der Waals surface area contributed by atoms with Crippen molar-refractivity contribution in [1.82, 2.24) is 20.0 Å². The fraction of sp³-hybridized carbons (Fsp3) is 0.348. The van der Waals surface area contributed by atoms with E-state index in [1.54, 1.807) is 17.0 Å². The summed E-state index contributed by atoms with van der Waals surface area (Å²) < 4.78 is 7.26. The fourth-order valence-electron chi connectivity index (χ4n) is 3.57. The van der Waals surface area contributed by atoms with Crippen LogP contribution in [0.1, 0.15) is 37.6 Å². The Balaban J connectivity index is 1.38. The number of hydrogen-bond donors (Lipinski definition) is 1. The summed E-state index contributed by atoms with van der Waals surface area (Å²) in [6.07, 6.45) is 2.20. The second-order valence-electron chi connectivity index (χ2n) is 8.55. The number of carbonyl (C=O) groups is 2. The standard InChI is InChI=1S/C23H26N4O3/c1-23(2,3)30-22(29)26-13-12-18(15-26)25-21(28)16-8-10-19(11-9-16)27-20-7-5-4-6-17(20)14-24-27/h4-11,14,18H,12-13,15H2,1-3H3,(H,25,28)/t18-/m1/s1. The maximum Gasteiger partial charge on any atom is 0.410 e. The molecule has 0 unspecified atom stereocenters. The molecule has 2 aromatic carbocycles. The van der Waals surface area contributed by atoms with Gasteiger partial charge in [-0.15, -0.1) is 0 Å². The predicted octanol–water partition coefficient (Wildman–Crippen LogP) is 3.76. The molecular weight excluding hydrogens is 380 g/mol. The first kappa shape index (κ1) is 19.9. The van der Waals surface area contributed by atoms with E-state index in [0.717, 1.165) is 16.6 Å². The maximum absolute atomic E-state index is 12.6. The van der Waals surface area contributed by atoms with Gasteiger partial charge in [0.05, 0.1) is 17.4 Å². The van der Waals surface area contributed by atoms with Crippen LogP contribution in [-0.4, -0.2) is 51.4 Å². The summed E-state index contributed by atoms with van der Waals surface area (Å²) in [7, 11) is 0. The van der Waals surface area contributed by atoms with Gasteiger partial charge in [0.2, 0.25) is 0 Å². The van der Waals surface area contributed by atoms with Crippen LogP contribution in [0.5, 0.6) is 0 Å². The zero-order chi connectivity index (χ0) is 21.3. The van der Waals surface area contributed by atoms with Crippen molar-refractivity contribution in [1.29, 1.82) is 0 Å². The highest BCUT2D eigenvalue weighted by Crippen LogP contribution is 2.19. The molecule has 1 aliphatic rings. The lowest BCUT2D eigenvalue weighted by Crippen LogP contribution is -2.40. The topological polar surface area (TPSA) is 76.5 Å². The Morgan fingerprint density at radius 2 is 1.83 bits per heavy atom. The third-order valence-electron chi connectivity index (χ3n) is 5.03. The number of nitrogens with one attached hydrogen (secondary N) is 1. The monoisotopic (exact) mass is 406 g/mol. The van der Waals surface area contributed by atoms with Gasteiger partial charge in [0.1, 0.15) is 5.60 Å². The van der Waals surface area contributed by atoms with Gasteiger partial charge in [0, 0.05) is 30.1 Å². The highest BCUT2D eigenvalue weighted by atomic mass is 16.6. The van der Waals surface area contributed by atoms with Crippen LogP contribution in [0.4, 0.5) is 4.79 Å². The van der Waals surface area contributed by atoms with Gasteiger partial charge in [-0.3, -0.25) is 4.79 Å². The molecule has 0 radical (unpaired) electrons. The maximum atomic E-state index is 12.6. The van der Waals surface area contributed by atoms with Crippen molar-refractivity contribution in [3.8, 4) is 5.69 Å². The summed E-state index contributed by atoms with van der Waals surface area (Å²) in [5.41, 5.74) is 1.96. The lowest BCUT2D eigenvalue weighted by Gasteiger charge is -2.24. The van der Waals surface area contributed by atoms with Gasteiger partial charge in [0.25, 0.3) is 5.91 Å². The number of aromatic nitrogens is 2. The van der Waals surface area contributed by atoms with Crippen LogP contribution < -0.4 is 5.32 Å². The molecule has 3 aromatic rings. The largest absolute Gasteiger partial charge is 0.444 e. The minimum atomic E-state index is -0.528. The van der Waals surface area contributed by atoms with E-state index in [4.69, 9.17) is 4.74 Å². The fourth-order valence-corrected chi connectivity index (χ4v) is 3.57. The van der Waals surface area contributed by atoms with E-state index >= 15 is 0 Å². The Bertz CT molecular complexity index is 1070. The average Bonchev–Trinajstić information content (AvgIpc) is 3.34. The van der Waals surface area contributed by atoms with Crippen LogP contribution in [0, 0.1) is 0 Å². The first-order valence-corrected chi connectivity index (χ1v) is 10.1. The van der Waals surface area contributed by atoms with Crippen molar-refractivity contribution >= 4 is 22.9 Å². The second kappa shape index (κ2) is 7.82. The lowest BCUT2D eigenvalue weighted by molar-refractivity contribution is 0.0290. The van der Waals surface area contributed by atoms with E-state index in [9.17, 15) is 9.59 Å². The molecule has 7 nitrogen and oxygen atoms in total. The number of hydrogen-bond acceptors (Lipinski definition) is 4. The van der Waals surface area contributed by atoms with E-state index in [-0.39, 0.29) is 18.0 Å².